The largest absolute Gasteiger partial charge is 0.478 e. The van der Waals surface area contributed by atoms with Crippen LogP contribution in [-0.4, -0.2) is 25.5 Å². The van der Waals surface area contributed by atoms with Crippen LogP contribution in [0.1, 0.15) is 37.0 Å². The fourth-order valence-electron chi connectivity index (χ4n) is 1.62. The van der Waals surface area contributed by atoms with Crippen LogP contribution in [0.2, 0.25) is 0 Å². The van der Waals surface area contributed by atoms with Gasteiger partial charge in [0.2, 0.25) is 10.0 Å². The highest BCUT2D eigenvalue weighted by Crippen LogP contribution is 2.12. The quantitative estimate of drug-likeness (QED) is 0.827. The number of nitrogens with one attached hydrogen (secondary N) is 1. The van der Waals surface area contributed by atoms with Crippen LogP contribution in [0.25, 0.3) is 0 Å². The van der Waals surface area contributed by atoms with Gasteiger partial charge in [-0.15, -0.1) is 0 Å². The molecule has 0 bridgehead atoms. The zero-order valence-electron chi connectivity index (χ0n) is 10.4. The lowest BCUT2D eigenvalue weighted by Crippen LogP contribution is -2.32. The molecular formula is C12H17NO4S. The minimum atomic E-state index is -3.65. The van der Waals surface area contributed by atoms with Gasteiger partial charge in [-0.05, 0) is 31.5 Å². The molecule has 0 spiro atoms. The molecule has 0 aromatic heterocycles. The summed E-state index contributed by atoms with van der Waals surface area (Å²) >= 11 is 0. The Labute approximate surface area is 107 Å². The van der Waals surface area contributed by atoms with E-state index in [2.05, 4.69) is 4.72 Å². The zero-order valence-corrected chi connectivity index (χ0v) is 11.2. The van der Waals surface area contributed by atoms with Crippen LogP contribution in [0.3, 0.4) is 0 Å². The highest BCUT2D eigenvalue weighted by Gasteiger charge is 2.18. The van der Waals surface area contributed by atoms with Crippen LogP contribution in [0.15, 0.2) is 29.2 Å². The van der Waals surface area contributed by atoms with Gasteiger partial charge in [0.1, 0.15) is 0 Å². The van der Waals surface area contributed by atoms with Crippen molar-refractivity contribution >= 4 is 16.0 Å². The van der Waals surface area contributed by atoms with Gasteiger partial charge in [-0.2, -0.15) is 0 Å². The highest BCUT2D eigenvalue weighted by molar-refractivity contribution is 7.89. The molecule has 100 valence electrons. The number of sulfonamides is 1. The third-order valence-corrected chi connectivity index (χ3v) is 4.06. The Bertz CT molecular complexity index is 525. The maximum atomic E-state index is 12.0. The molecule has 0 heterocycles. The summed E-state index contributed by atoms with van der Waals surface area (Å²) in [5, 5.41) is 8.83. The maximum absolute atomic E-state index is 12.0. The third kappa shape index (κ3) is 3.82. The molecule has 0 aliphatic heterocycles. The summed E-state index contributed by atoms with van der Waals surface area (Å²) in [6, 6.07) is 5.14. The number of benzene rings is 1. The second-order valence-corrected chi connectivity index (χ2v) is 5.86. The Morgan fingerprint density at radius 1 is 1.44 bits per heavy atom. The molecule has 0 unspecified atom stereocenters. The molecular weight excluding hydrogens is 254 g/mol. The minimum Gasteiger partial charge on any atom is -0.478 e. The summed E-state index contributed by atoms with van der Waals surface area (Å²) in [7, 11) is -3.65. The average Bonchev–Trinajstić information content (AvgIpc) is 2.28. The highest BCUT2D eigenvalue weighted by atomic mass is 32.2. The zero-order chi connectivity index (χ0) is 13.8. The van der Waals surface area contributed by atoms with Crippen molar-refractivity contribution in [3.8, 4) is 0 Å². The minimum absolute atomic E-state index is 0.0228. The molecule has 1 rings (SSSR count). The number of rotatable bonds is 6. The van der Waals surface area contributed by atoms with Crippen molar-refractivity contribution in [3.05, 3.63) is 29.8 Å². The summed E-state index contributed by atoms with van der Waals surface area (Å²) in [5.74, 6) is -1.14. The first-order chi connectivity index (χ1) is 8.36. The summed E-state index contributed by atoms with van der Waals surface area (Å²) in [4.78, 5) is 10.8. The summed E-state index contributed by atoms with van der Waals surface area (Å²) in [6.07, 6.45) is 1.61. The van der Waals surface area contributed by atoms with E-state index in [9.17, 15) is 13.2 Å². The van der Waals surface area contributed by atoms with Crippen LogP contribution in [0.4, 0.5) is 0 Å². The number of hydrogen-bond acceptors (Lipinski definition) is 3. The van der Waals surface area contributed by atoms with Crippen molar-refractivity contribution in [2.75, 3.05) is 0 Å². The Hall–Kier alpha value is -1.40. The van der Waals surface area contributed by atoms with E-state index in [0.717, 1.165) is 18.9 Å². The van der Waals surface area contributed by atoms with E-state index in [4.69, 9.17) is 5.11 Å². The molecule has 1 aromatic carbocycles. The van der Waals surface area contributed by atoms with Gasteiger partial charge in [0.05, 0.1) is 10.5 Å². The lowest BCUT2D eigenvalue weighted by Gasteiger charge is -2.13. The predicted octanol–water partition coefficient (Wildman–Crippen LogP) is 1.85. The van der Waals surface area contributed by atoms with Crippen molar-refractivity contribution in [2.45, 2.75) is 37.6 Å². The van der Waals surface area contributed by atoms with E-state index in [1.807, 2.05) is 6.92 Å². The summed E-state index contributed by atoms with van der Waals surface area (Å²) in [6.45, 7) is 3.75. The van der Waals surface area contributed by atoms with Crippen molar-refractivity contribution in [1.29, 1.82) is 0 Å². The standard InChI is InChI=1S/C12H17NO4S/c1-3-5-9(2)13-18(16,17)11-7-4-6-10(8-11)12(14)15/h4,6-9,13H,3,5H2,1-2H3,(H,14,15)/t9-/m1/s1. The molecule has 0 saturated carbocycles. The Morgan fingerprint density at radius 2 is 2.11 bits per heavy atom. The average molecular weight is 271 g/mol. The summed E-state index contributed by atoms with van der Waals surface area (Å²) < 4.78 is 26.5. The van der Waals surface area contributed by atoms with E-state index in [1.54, 1.807) is 6.92 Å². The Kier molecular flexibility index (Phi) is 4.86. The second kappa shape index (κ2) is 5.97. The van der Waals surface area contributed by atoms with Gasteiger partial charge in [0, 0.05) is 6.04 Å². The van der Waals surface area contributed by atoms with Gasteiger partial charge in [-0.25, -0.2) is 17.9 Å². The molecule has 0 aliphatic rings. The van der Waals surface area contributed by atoms with E-state index in [-0.39, 0.29) is 16.5 Å². The smallest absolute Gasteiger partial charge is 0.335 e. The second-order valence-electron chi connectivity index (χ2n) is 4.14. The molecule has 1 atom stereocenters. The number of carbonyl (C=O) groups is 1. The first-order valence-corrected chi connectivity index (χ1v) is 7.21. The molecule has 0 radical (unpaired) electrons. The molecule has 18 heavy (non-hydrogen) atoms. The lowest BCUT2D eigenvalue weighted by molar-refractivity contribution is 0.0696. The first-order valence-electron chi connectivity index (χ1n) is 5.72. The van der Waals surface area contributed by atoms with Crippen molar-refractivity contribution in [3.63, 3.8) is 0 Å². The fraction of sp³-hybridized carbons (Fsp3) is 0.417. The SMILES string of the molecule is CCC[C@@H](C)NS(=O)(=O)c1cccc(C(=O)O)c1. The van der Waals surface area contributed by atoms with Crippen molar-refractivity contribution < 1.29 is 18.3 Å². The first kappa shape index (κ1) is 14.7. The monoisotopic (exact) mass is 271 g/mol. The van der Waals surface area contributed by atoms with Gasteiger partial charge >= 0.3 is 5.97 Å². The van der Waals surface area contributed by atoms with Crippen LogP contribution in [0, 0.1) is 0 Å². The van der Waals surface area contributed by atoms with Crippen LogP contribution in [-0.2, 0) is 10.0 Å². The normalized spacial score (nSPS) is 13.2. The van der Waals surface area contributed by atoms with E-state index >= 15 is 0 Å². The number of hydrogen-bond donors (Lipinski definition) is 2. The van der Waals surface area contributed by atoms with Crippen LogP contribution in [0.5, 0.6) is 0 Å². The third-order valence-electron chi connectivity index (χ3n) is 2.47. The van der Waals surface area contributed by atoms with E-state index in [1.165, 1.54) is 18.2 Å². The number of aromatic carboxylic acids is 1. The number of carboxylic acid groups (broad SMARTS) is 1. The number of carboxylic acids is 1. The van der Waals surface area contributed by atoms with Crippen molar-refractivity contribution in [2.24, 2.45) is 0 Å². The Balaban J connectivity index is 2.98. The maximum Gasteiger partial charge on any atom is 0.335 e. The molecule has 0 aliphatic carbocycles. The van der Waals surface area contributed by atoms with E-state index < -0.39 is 16.0 Å². The van der Waals surface area contributed by atoms with Crippen LogP contribution < -0.4 is 4.72 Å². The predicted molar refractivity (Wildman–Crippen MR) is 68.1 cm³/mol. The van der Waals surface area contributed by atoms with Gasteiger partial charge in [-0.1, -0.05) is 19.4 Å². The molecule has 1 aromatic rings. The topological polar surface area (TPSA) is 83.5 Å². The van der Waals surface area contributed by atoms with E-state index in [0.29, 0.717) is 0 Å². The summed E-state index contributed by atoms with van der Waals surface area (Å²) in [5.41, 5.74) is -0.0407. The molecule has 0 fully saturated rings. The molecule has 5 nitrogen and oxygen atoms in total. The van der Waals surface area contributed by atoms with Crippen LogP contribution >= 0.6 is 0 Å². The Morgan fingerprint density at radius 3 is 2.67 bits per heavy atom. The van der Waals surface area contributed by atoms with Gasteiger partial charge in [-0.3, -0.25) is 0 Å². The van der Waals surface area contributed by atoms with Crippen molar-refractivity contribution in [1.82, 2.24) is 4.72 Å². The van der Waals surface area contributed by atoms with Gasteiger partial charge in [0.15, 0.2) is 0 Å². The molecule has 0 saturated heterocycles. The van der Waals surface area contributed by atoms with Gasteiger partial charge < -0.3 is 5.11 Å². The fourth-order valence-corrected chi connectivity index (χ4v) is 2.94. The molecule has 0 amide bonds. The molecule has 2 N–H and O–H groups in total. The molecule has 6 heteroatoms. The lowest BCUT2D eigenvalue weighted by atomic mass is 10.2. The van der Waals surface area contributed by atoms with Gasteiger partial charge in [0.25, 0.3) is 0 Å².